The number of aromatic nitrogens is 3. The van der Waals surface area contributed by atoms with E-state index in [0.717, 1.165) is 12.1 Å². The van der Waals surface area contributed by atoms with Crippen LogP contribution in [0.15, 0.2) is 53.6 Å². The topological polar surface area (TPSA) is 86.1 Å². The van der Waals surface area contributed by atoms with E-state index in [1.807, 2.05) is 0 Å². The SMILES string of the molecule is COc1cccc(C(=O)Cc2c(-c3ccncc3)nc3n(c2=O)CC(C)(C)CN3)c1. The van der Waals surface area contributed by atoms with Crippen LogP contribution in [-0.4, -0.2) is 34.0 Å². The summed E-state index contributed by atoms with van der Waals surface area (Å²) in [6, 6.07) is 10.5. The third kappa shape index (κ3) is 3.83. The molecule has 0 spiro atoms. The highest BCUT2D eigenvalue weighted by molar-refractivity contribution is 5.98. The van der Waals surface area contributed by atoms with E-state index < -0.39 is 0 Å². The van der Waals surface area contributed by atoms with Gasteiger partial charge in [0.1, 0.15) is 5.75 Å². The summed E-state index contributed by atoms with van der Waals surface area (Å²) in [4.78, 5) is 35.3. The summed E-state index contributed by atoms with van der Waals surface area (Å²) in [5.41, 5.74) is 1.86. The molecule has 0 radical (unpaired) electrons. The van der Waals surface area contributed by atoms with Crippen molar-refractivity contribution >= 4 is 11.7 Å². The standard InChI is InChI=1S/C23H24N4O3/c1-23(2)13-25-22-26-20(15-7-9-24-10-8-15)18(21(29)27(22)14-23)12-19(28)16-5-4-6-17(11-16)30-3/h4-11H,12-14H2,1-3H3,(H,25,26). The van der Waals surface area contributed by atoms with Gasteiger partial charge in [-0.3, -0.25) is 19.1 Å². The number of hydrogen-bond donors (Lipinski definition) is 1. The van der Waals surface area contributed by atoms with Crippen LogP contribution in [0.4, 0.5) is 5.95 Å². The number of rotatable bonds is 5. The van der Waals surface area contributed by atoms with Crippen LogP contribution in [0.5, 0.6) is 5.75 Å². The zero-order valence-electron chi connectivity index (χ0n) is 17.3. The molecule has 0 atom stereocenters. The molecule has 154 valence electrons. The van der Waals surface area contributed by atoms with Gasteiger partial charge in [-0.05, 0) is 24.3 Å². The molecule has 0 bridgehead atoms. The first kappa shape index (κ1) is 19.8. The molecule has 3 aromatic rings. The van der Waals surface area contributed by atoms with Crippen molar-refractivity contribution in [3.05, 3.63) is 70.3 Å². The second-order valence-corrected chi connectivity index (χ2v) is 8.24. The first-order chi connectivity index (χ1) is 14.4. The lowest BCUT2D eigenvalue weighted by Gasteiger charge is -2.33. The highest BCUT2D eigenvalue weighted by atomic mass is 16.5. The number of nitrogens with one attached hydrogen (secondary N) is 1. The molecule has 0 unspecified atom stereocenters. The van der Waals surface area contributed by atoms with E-state index in [1.54, 1.807) is 60.5 Å². The predicted octanol–water partition coefficient (Wildman–Crippen LogP) is 3.19. The first-order valence-corrected chi connectivity index (χ1v) is 9.83. The zero-order valence-corrected chi connectivity index (χ0v) is 17.3. The van der Waals surface area contributed by atoms with Gasteiger partial charge in [0.05, 0.1) is 18.4 Å². The Hall–Kier alpha value is -3.48. The molecule has 4 rings (SSSR count). The van der Waals surface area contributed by atoms with Crippen LogP contribution in [0, 0.1) is 5.41 Å². The highest BCUT2D eigenvalue weighted by Crippen LogP contribution is 2.28. The van der Waals surface area contributed by atoms with Gasteiger partial charge in [-0.25, -0.2) is 4.98 Å². The molecule has 0 fully saturated rings. The summed E-state index contributed by atoms with van der Waals surface area (Å²) < 4.78 is 6.86. The van der Waals surface area contributed by atoms with E-state index in [-0.39, 0.29) is 23.2 Å². The highest BCUT2D eigenvalue weighted by Gasteiger charge is 2.29. The van der Waals surface area contributed by atoms with Crippen molar-refractivity contribution in [3.63, 3.8) is 0 Å². The number of benzene rings is 1. The molecule has 1 aromatic carbocycles. The Bertz CT molecular complexity index is 1150. The number of fused-ring (bicyclic) bond motifs is 1. The fourth-order valence-corrected chi connectivity index (χ4v) is 3.65. The molecule has 0 aliphatic carbocycles. The fourth-order valence-electron chi connectivity index (χ4n) is 3.65. The minimum Gasteiger partial charge on any atom is -0.497 e. The predicted molar refractivity (Wildman–Crippen MR) is 115 cm³/mol. The van der Waals surface area contributed by atoms with Gasteiger partial charge in [-0.2, -0.15) is 0 Å². The van der Waals surface area contributed by atoms with Crippen LogP contribution in [0.2, 0.25) is 0 Å². The number of methoxy groups -OCH3 is 1. The summed E-state index contributed by atoms with van der Waals surface area (Å²) >= 11 is 0. The van der Waals surface area contributed by atoms with Crippen molar-refractivity contribution in [2.45, 2.75) is 26.8 Å². The molecule has 3 heterocycles. The van der Waals surface area contributed by atoms with Gasteiger partial charge in [0, 0.05) is 48.4 Å². The Labute approximate surface area is 174 Å². The average Bonchev–Trinajstić information content (AvgIpc) is 2.76. The van der Waals surface area contributed by atoms with Gasteiger partial charge in [-0.1, -0.05) is 26.0 Å². The summed E-state index contributed by atoms with van der Waals surface area (Å²) in [7, 11) is 1.56. The lowest BCUT2D eigenvalue weighted by Crippen LogP contribution is -2.42. The molecule has 30 heavy (non-hydrogen) atoms. The van der Waals surface area contributed by atoms with Crippen molar-refractivity contribution in [1.82, 2.24) is 14.5 Å². The van der Waals surface area contributed by atoms with Crippen molar-refractivity contribution < 1.29 is 9.53 Å². The lowest BCUT2D eigenvalue weighted by molar-refractivity contribution is 0.0992. The smallest absolute Gasteiger partial charge is 0.259 e. The first-order valence-electron chi connectivity index (χ1n) is 9.83. The van der Waals surface area contributed by atoms with Gasteiger partial charge < -0.3 is 10.1 Å². The Balaban J connectivity index is 1.82. The van der Waals surface area contributed by atoms with Crippen LogP contribution in [0.1, 0.15) is 29.8 Å². The quantitative estimate of drug-likeness (QED) is 0.658. The maximum atomic E-state index is 13.5. The van der Waals surface area contributed by atoms with E-state index in [0.29, 0.717) is 35.1 Å². The van der Waals surface area contributed by atoms with Gasteiger partial charge >= 0.3 is 0 Å². The van der Waals surface area contributed by atoms with Gasteiger partial charge in [0.15, 0.2) is 5.78 Å². The fraction of sp³-hybridized carbons (Fsp3) is 0.304. The molecular weight excluding hydrogens is 380 g/mol. The van der Waals surface area contributed by atoms with Crippen LogP contribution >= 0.6 is 0 Å². The maximum Gasteiger partial charge on any atom is 0.259 e. The van der Waals surface area contributed by atoms with E-state index >= 15 is 0 Å². The Morgan fingerprint density at radius 2 is 2.00 bits per heavy atom. The van der Waals surface area contributed by atoms with Gasteiger partial charge in [0.2, 0.25) is 5.95 Å². The van der Waals surface area contributed by atoms with Crippen LogP contribution in [-0.2, 0) is 13.0 Å². The molecule has 2 aromatic heterocycles. The summed E-state index contributed by atoms with van der Waals surface area (Å²) in [5.74, 6) is 0.969. The molecule has 7 nitrogen and oxygen atoms in total. The van der Waals surface area contributed by atoms with Crippen molar-refractivity contribution in [2.24, 2.45) is 5.41 Å². The van der Waals surface area contributed by atoms with Crippen molar-refractivity contribution in [3.8, 4) is 17.0 Å². The second kappa shape index (κ2) is 7.74. The maximum absolute atomic E-state index is 13.5. The van der Waals surface area contributed by atoms with E-state index in [9.17, 15) is 9.59 Å². The minimum atomic E-state index is -0.191. The molecule has 1 aliphatic rings. The number of ether oxygens (including phenoxy) is 1. The minimum absolute atomic E-state index is 0.0443. The Morgan fingerprint density at radius 1 is 1.23 bits per heavy atom. The molecular formula is C23H24N4O3. The number of anilines is 1. The summed E-state index contributed by atoms with van der Waals surface area (Å²) in [5, 5.41) is 3.27. The number of nitrogens with zero attached hydrogens (tertiary/aromatic N) is 3. The van der Waals surface area contributed by atoms with Crippen molar-refractivity contribution in [2.75, 3.05) is 19.0 Å². The van der Waals surface area contributed by atoms with Crippen LogP contribution in [0.25, 0.3) is 11.3 Å². The average molecular weight is 404 g/mol. The third-order valence-electron chi connectivity index (χ3n) is 5.26. The second-order valence-electron chi connectivity index (χ2n) is 8.24. The Kier molecular flexibility index (Phi) is 5.11. The van der Waals surface area contributed by atoms with E-state index in [1.165, 1.54) is 0 Å². The van der Waals surface area contributed by atoms with E-state index in [2.05, 4.69) is 24.1 Å². The molecule has 0 saturated heterocycles. The Morgan fingerprint density at radius 3 is 2.73 bits per heavy atom. The van der Waals surface area contributed by atoms with Crippen molar-refractivity contribution in [1.29, 1.82) is 0 Å². The van der Waals surface area contributed by atoms with Gasteiger partial charge in [0.25, 0.3) is 5.56 Å². The lowest BCUT2D eigenvalue weighted by atomic mass is 9.91. The monoisotopic (exact) mass is 404 g/mol. The molecule has 0 saturated carbocycles. The van der Waals surface area contributed by atoms with Crippen LogP contribution < -0.4 is 15.6 Å². The number of hydrogen-bond acceptors (Lipinski definition) is 6. The number of carbonyl (C=O) groups excluding carboxylic acids is 1. The third-order valence-corrected chi connectivity index (χ3v) is 5.26. The zero-order chi connectivity index (χ0) is 21.3. The molecule has 0 amide bonds. The van der Waals surface area contributed by atoms with Crippen LogP contribution in [0.3, 0.4) is 0 Å². The number of ketones is 1. The molecule has 1 N–H and O–H groups in total. The normalized spacial score (nSPS) is 14.5. The number of Topliss-reactive ketones (excluding diaryl/α,β-unsaturated/α-hetero) is 1. The summed E-state index contributed by atoms with van der Waals surface area (Å²) in [6.07, 6.45) is 3.26. The molecule has 7 heteroatoms. The van der Waals surface area contributed by atoms with Gasteiger partial charge in [-0.15, -0.1) is 0 Å². The number of carbonyl (C=O) groups is 1. The summed E-state index contributed by atoms with van der Waals surface area (Å²) in [6.45, 7) is 5.44. The molecule has 1 aliphatic heterocycles. The van der Waals surface area contributed by atoms with E-state index in [4.69, 9.17) is 9.72 Å². The largest absolute Gasteiger partial charge is 0.497 e. The number of pyridine rings is 1.